The van der Waals surface area contributed by atoms with Crippen LogP contribution < -0.4 is 10.6 Å². The molecule has 1 aromatic rings. The van der Waals surface area contributed by atoms with Crippen molar-refractivity contribution in [3.63, 3.8) is 0 Å². The van der Waals surface area contributed by atoms with Gasteiger partial charge in [0.2, 0.25) is 0 Å². The lowest BCUT2D eigenvalue weighted by Crippen LogP contribution is -2.48. The van der Waals surface area contributed by atoms with Gasteiger partial charge in [0.1, 0.15) is 0 Å². The van der Waals surface area contributed by atoms with Gasteiger partial charge in [0.25, 0.3) is 0 Å². The second-order valence-electron chi connectivity index (χ2n) is 4.95. The van der Waals surface area contributed by atoms with E-state index in [9.17, 15) is 4.79 Å². The summed E-state index contributed by atoms with van der Waals surface area (Å²) >= 11 is 3.42. The molecule has 0 aliphatic heterocycles. The molecule has 4 nitrogen and oxygen atoms in total. The van der Waals surface area contributed by atoms with Gasteiger partial charge in [0.05, 0.1) is 5.69 Å². The van der Waals surface area contributed by atoms with Crippen molar-refractivity contribution in [2.75, 3.05) is 11.9 Å². The summed E-state index contributed by atoms with van der Waals surface area (Å²) in [7, 11) is 0. The Bertz CT molecular complexity index is 451. The second kappa shape index (κ2) is 6.91. The Morgan fingerprint density at radius 1 is 1.47 bits per heavy atom. The number of amides is 2. The van der Waals surface area contributed by atoms with E-state index in [1.165, 1.54) is 0 Å². The number of carbonyl (C=O) groups excluding carboxylic acids is 1. The number of benzene rings is 1. The van der Waals surface area contributed by atoms with Crippen LogP contribution in [0, 0.1) is 6.92 Å². The Morgan fingerprint density at radius 3 is 2.68 bits per heavy atom. The van der Waals surface area contributed by atoms with Gasteiger partial charge in [-0.05, 0) is 60.3 Å². The Labute approximate surface area is 122 Å². The summed E-state index contributed by atoms with van der Waals surface area (Å²) in [5.74, 6) is 0. The van der Waals surface area contributed by atoms with Crippen molar-refractivity contribution in [1.29, 1.82) is 0 Å². The molecule has 0 aliphatic rings. The van der Waals surface area contributed by atoms with Crippen molar-refractivity contribution in [2.24, 2.45) is 0 Å². The van der Waals surface area contributed by atoms with E-state index in [4.69, 9.17) is 5.11 Å². The van der Waals surface area contributed by atoms with E-state index in [1.54, 1.807) is 0 Å². The van der Waals surface area contributed by atoms with E-state index in [0.29, 0.717) is 6.42 Å². The first-order valence-corrected chi connectivity index (χ1v) is 7.15. The Hall–Kier alpha value is -1.07. The van der Waals surface area contributed by atoms with Crippen molar-refractivity contribution in [2.45, 2.75) is 39.2 Å². The molecule has 0 heterocycles. The SMILES string of the molecule is CCC(C)(CCO)NC(=O)Nc1ccc(C)cc1Br. The minimum atomic E-state index is -0.393. The molecule has 1 rings (SSSR count). The molecule has 1 aromatic carbocycles. The smallest absolute Gasteiger partial charge is 0.319 e. The van der Waals surface area contributed by atoms with Crippen molar-refractivity contribution in [1.82, 2.24) is 5.32 Å². The van der Waals surface area contributed by atoms with Crippen LogP contribution in [0.15, 0.2) is 22.7 Å². The highest BCUT2D eigenvalue weighted by atomic mass is 79.9. The molecule has 19 heavy (non-hydrogen) atoms. The van der Waals surface area contributed by atoms with Crippen LogP contribution in [0.2, 0.25) is 0 Å². The normalized spacial score (nSPS) is 13.7. The third-order valence-corrected chi connectivity index (χ3v) is 3.89. The first-order chi connectivity index (χ1) is 8.90. The monoisotopic (exact) mass is 328 g/mol. The van der Waals surface area contributed by atoms with Crippen molar-refractivity contribution in [3.8, 4) is 0 Å². The molecule has 1 unspecified atom stereocenters. The Morgan fingerprint density at radius 2 is 2.16 bits per heavy atom. The Kier molecular flexibility index (Phi) is 5.82. The number of aryl methyl sites for hydroxylation is 1. The summed E-state index contributed by atoms with van der Waals surface area (Å²) in [5, 5.41) is 14.7. The van der Waals surface area contributed by atoms with E-state index in [-0.39, 0.29) is 12.6 Å². The molecule has 0 bridgehead atoms. The van der Waals surface area contributed by atoms with Gasteiger partial charge in [-0.3, -0.25) is 0 Å². The molecule has 2 amide bonds. The Balaban J connectivity index is 2.69. The number of halogens is 1. The van der Waals surface area contributed by atoms with Crippen LogP contribution in [-0.2, 0) is 0 Å². The number of hydrogen-bond acceptors (Lipinski definition) is 2. The standard InChI is InChI=1S/C14H21BrN2O2/c1-4-14(3,7-8-18)17-13(19)16-12-6-5-10(2)9-11(12)15/h5-6,9,18H,4,7-8H2,1-3H3,(H2,16,17,19). The van der Waals surface area contributed by atoms with Crippen LogP contribution in [0.25, 0.3) is 0 Å². The zero-order valence-electron chi connectivity index (χ0n) is 11.6. The average Bonchev–Trinajstić information content (AvgIpc) is 2.33. The van der Waals surface area contributed by atoms with E-state index in [1.807, 2.05) is 39.0 Å². The number of aliphatic hydroxyl groups is 1. The fourth-order valence-corrected chi connectivity index (χ4v) is 2.32. The molecule has 0 spiro atoms. The molecular formula is C14H21BrN2O2. The number of aliphatic hydroxyl groups excluding tert-OH is 1. The third kappa shape index (κ3) is 4.84. The summed E-state index contributed by atoms with van der Waals surface area (Å²) in [6.07, 6.45) is 1.29. The van der Waals surface area contributed by atoms with E-state index in [2.05, 4.69) is 26.6 Å². The maximum atomic E-state index is 12.0. The van der Waals surface area contributed by atoms with Crippen molar-refractivity contribution >= 4 is 27.6 Å². The topological polar surface area (TPSA) is 61.4 Å². The van der Waals surface area contributed by atoms with Gasteiger partial charge in [-0.2, -0.15) is 0 Å². The number of anilines is 1. The van der Waals surface area contributed by atoms with E-state index in [0.717, 1.165) is 22.1 Å². The molecule has 0 saturated heterocycles. The maximum Gasteiger partial charge on any atom is 0.319 e. The van der Waals surface area contributed by atoms with Gasteiger partial charge in [0.15, 0.2) is 0 Å². The molecule has 0 aliphatic carbocycles. The van der Waals surface area contributed by atoms with Crippen LogP contribution in [-0.4, -0.2) is 23.3 Å². The van der Waals surface area contributed by atoms with Crippen LogP contribution in [0.5, 0.6) is 0 Å². The fraction of sp³-hybridized carbons (Fsp3) is 0.500. The predicted octanol–water partition coefficient (Wildman–Crippen LogP) is 3.43. The molecule has 106 valence electrons. The average molecular weight is 329 g/mol. The van der Waals surface area contributed by atoms with Gasteiger partial charge >= 0.3 is 6.03 Å². The summed E-state index contributed by atoms with van der Waals surface area (Å²) in [6, 6.07) is 5.48. The van der Waals surface area contributed by atoms with Crippen molar-refractivity contribution in [3.05, 3.63) is 28.2 Å². The number of nitrogens with one attached hydrogen (secondary N) is 2. The van der Waals surface area contributed by atoms with Crippen LogP contribution in [0.3, 0.4) is 0 Å². The van der Waals surface area contributed by atoms with Crippen molar-refractivity contribution < 1.29 is 9.90 Å². The summed E-state index contributed by atoms with van der Waals surface area (Å²) < 4.78 is 0.850. The lowest BCUT2D eigenvalue weighted by molar-refractivity contribution is 0.208. The number of carbonyl (C=O) groups is 1. The fourth-order valence-electron chi connectivity index (χ4n) is 1.72. The third-order valence-electron chi connectivity index (χ3n) is 3.23. The lowest BCUT2D eigenvalue weighted by atomic mass is 9.95. The molecular weight excluding hydrogens is 308 g/mol. The molecule has 3 N–H and O–H groups in total. The molecule has 0 aromatic heterocycles. The summed E-state index contributed by atoms with van der Waals surface area (Å²) in [5.41, 5.74) is 1.46. The number of rotatable bonds is 5. The minimum absolute atomic E-state index is 0.0544. The van der Waals surface area contributed by atoms with Crippen LogP contribution in [0.4, 0.5) is 10.5 Å². The largest absolute Gasteiger partial charge is 0.396 e. The first-order valence-electron chi connectivity index (χ1n) is 6.36. The predicted molar refractivity (Wildman–Crippen MR) is 81.4 cm³/mol. The summed E-state index contributed by atoms with van der Waals surface area (Å²) in [4.78, 5) is 12.0. The highest BCUT2D eigenvalue weighted by Crippen LogP contribution is 2.23. The minimum Gasteiger partial charge on any atom is -0.396 e. The molecule has 1 atom stereocenters. The number of hydrogen-bond donors (Lipinski definition) is 3. The maximum absolute atomic E-state index is 12.0. The van der Waals surface area contributed by atoms with Crippen LogP contribution >= 0.6 is 15.9 Å². The van der Waals surface area contributed by atoms with Gasteiger partial charge in [0, 0.05) is 16.6 Å². The molecule has 5 heteroatoms. The molecule has 0 radical (unpaired) electrons. The van der Waals surface area contributed by atoms with E-state index < -0.39 is 5.54 Å². The molecule has 0 saturated carbocycles. The summed E-state index contributed by atoms with van der Waals surface area (Å²) in [6.45, 7) is 5.95. The second-order valence-corrected chi connectivity index (χ2v) is 5.80. The zero-order valence-corrected chi connectivity index (χ0v) is 13.2. The highest BCUT2D eigenvalue weighted by Gasteiger charge is 2.23. The van der Waals surface area contributed by atoms with Gasteiger partial charge in [-0.25, -0.2) is 4.79 Å². The van der Waals surface area contributed by atoms with E-state index >= 15 is 0 Å². The lowest BCUT2D eigenvalue weighted by Gasteiger charge is -2.29. The quantitative estimate of drug-likeness (QED) is 0.775. The van der Waals surface area contributed by atoms with Gasteiger partial charge < -0.3 is 15.7 Å². The van der Waals surface area contributed by atoms with Crippen LogP contribution in [0.1, 0.15) is 32.3 Å². The zero-order chi connectivity index (χ0) is 14.5. The first kappa shape index (κ1) is 16.0. The highest BCUT2D eigenvalue weighted by molar-refractivity contribution is 9.10. The van der Waals surface area contributed by atoms with Gasteiger partial charge in [-0.15, -0.1) is 0 Å². The van der Waals surface area contributed by atoms with Gasteiger partial charge in [-0.1, -0.05) is 13.0 Å². The molecule has 0 fully saturated rings. The number of urea groups is 1.